The van der Waals surface area contributed by atoms with Crippen LogP contribution in [0.5, 0.6) is 0 Å². The van der Waals surface area contributed by atoms with Crippen molar-refractivity contribution in [2.24, 2.45) is 0 Å². The number of carbonyl (C=O) groups excluding carboxylic acids is 2. The molecular weight excluding hydrogens is 290 g/mol. The number of esters is 1. The molecule has 0 aliphatic heterocycles. The van der Waals surface area contributed by atoms with Gasteiger partial charge in [-0.3, -0.25) is 9.59 Å². The molecule has 0 aromatic carbocycles. The van der Waals surface area contributed by atoms with Gasteiger partial charge in [-0.1, -0.05) is 71.6 Å². The number of amides is 1. The summed E-state index contributed by atoms with van der Waals surface area (Å²) in [5.41, 5.74) is 0. The topological polar surface area (TPSA) is 46.6 Å². The zero-order chi connectivity index (χ0) is 17.3. The Labute approximate surface area is 143 Å². The fourth-order valence-corrected chi connectivity index (χ4v) is 2.61. The summed E-state index contributed by atoms with van der Waals surface area (Å²) in [5, 5.41) is 0. The average molecular weight is 328 g/mol. The van der Waals surface area contributed by atoms with Crippen LogP contribution in [0.2, 0.25) is 0 Å². The standard InChI is InChI=1S/C19H37NO3/c1-4-6-8-10-12-14-16-20(15-13-11-9-7-5-2)19(22)17-23-18(3)21/h4-17H2,1-3H3. The third-order valence-corrected chi connectivity index (χ3v) is 4.06. The third-order valence-electron chi connectivity index (χ3n) is 4.06. The zero-order valence-corrected chi connectivity index (χ0v) is 15.6. The van der Waals surface area contributed by atoms with Crippen molar-refractivity contribution in [2.45, 2.75) is 91.4 Å². The Morgan fingerprint density at radius 2 is 1.17 bits per heavy atom. The molecule has 0 N–H and O–H groups in total. The van der Waals surface area contributed by atoms with Gasteiger partial charge in [0.25, 0.3) is 5.91 Å². The molecule has 23 heavy (non-hydrogen) atoms. The minimum absolute atomic E-state index is 0.0516. The van der Waals surface area contributed by atoms with E-state index in [1.54, 1.807) is 0 Å². The summed E-state index contributed by atoms with van der Waals surface area (Å²) in [6.07, 6.45) is 13.2. The second-order valence-electron chi connectivity index (χ2n) is 6.34. The van der Waals surface area contributed by atoms with Crippen molar-refractivity contribution >= 4 is 11.9 Å². The fraction of sp³-hybridized carbons (Fsp3) is 0.895. The van der Waals surface area contributed by atoms with Gasteiger partial charge in [-0.25, -0.2) is 0 Å². The summed E-state index contributed by atoms with van der Waals surface area (Å²) >= 11 is 0. The van der Waals surface area contributed by atoms with E-state index >= 15 is 0 Å². The molecule has 0 heterocycles. The van der Waals surface area contributed by atoms with Crippen LogP contribution in [0.3, 0.4) is 0 Å². The molecule has 0 atom stereocenters. The first-order valence-corrected chi connectivity index (χ1v) is 9.52. The number of unbranched alkanes of at least 4 members (excludes halogenated alkanes) is 9. The molecule has 0 saturated carbocycles. The van der Waals surface area contributed by atoms with Gasteiger partial charge in [-0.05, 0) is 12.8 Å². The van der Waals surface area contributed by atoms with Crippen molar-refractivity contribution in [3.05, 3.63) is 0 Å². The van der Waals surface area contributed by atoms with E-state index < -0.39 is 0 Å². The highest BCUT2D eigenvalue weighted by molar-refractivity contribution is 5.80. The van der Waals surface area contributed by atoms with Crippen LogP contribution in [0.15, 0.2) is 0 Å². The largest absolute Gasteiger partial charge is 0.456 e. The van der Waals surface area contributed by atoms with Crippen LogP contribution in [0.4, 0.5) is 0 Å². The monoisotopic (exact) mass is 327 g/mol. The Balaban J connectivity index is 4.04. The fourth-order valence-electron chi connectivity index (χ4n) is 2.61. The molecule has 4 heteroatoms. The van der Waals surface area contributed by atoms with E-state index in [9.17, 15) is 9.59 Å². The first kappa shape index (κ1) is 21.9. The van der Waals surface area contributed by atoms with Crippen LogP contribution in [-0.4, -0.2) is 36.5 Å². The summed E-state index contributed by atoms with van der Waals surface area (Å²) in [5.74, 6) is -0.440. The molecule has 0 spiro atoms. The predicted octanol–water partition coefficient (Wildman–Crippen LogP) is 4.71. The maximum Gasteiger partial charge on any atom is 0.303 e. The Bertz CT molecular complexity index is 305. The maximum absolute atomic E-state index is 12.2. The van der Waals surface area contributed by atoms with Crippen LogP contribution in [0.25, 0.3) is 0 Å². The molecule has 1 amide bonds. The number of carbonyl (C=O) groups is 2. The van der Waals surface area contributed by atoms with Crippen molar-refractivity contribution < 1.29 is 14.3 Å². The molecule has 0 fully saturated rings. The number of hydrogen-bond donors (Lipinski definition) is 0. The number of hydrogen-bond acceptors (Lipinski definition) is 3. The summed E-state index contributed by atoms with van der Waals surface area (Å²) in [6, 6.07) is 0. The molecule has 0 aromatic heterocycles. The molecule has 0 aliphatic rings. The highest BCUT2D eigenvalue weighted by Gasteiger charge is 2.14. The van der Waals surface area contributed by atoms with Gasteiger partial charge in [0.2, 0.25) is 0 Å². The molecule has 0 saturated heterocycles. The van der Waals surface area contributed by atoms with Gasteiger partial charge in [0.05, 0.1) is 0 Å². The van der Waals surface area contributed by atoms with E-state index in [1.807, 2.05) is 4.90 Å². The lowest BCUT2D eigenvalue weighted by atomic mass is 10.1. The molecule has 0 aromatic rings. The molecule has 0 unspecified atom stereocenters. The molecule has 0 rings (SSSR count). The maximum atomic E-state index is 12.2. The van der Waals surface area contributed by atoms with Crippen LogP contribution in [0, 0.1) is 0 Å². The lowest BCUT2D eigenvalue weighted by Crippen LogP contribution is -2.36. The van der Waals surface area contributed by atoms with E-state index in [-0.39, 0.29) is 18.5 Å². The summed E-state index contributed by atoms with van der Waals surface area (Å²) in [7, 11) is 0. The SMILES string of the molecule is CCCCCCCCN(CCCCCCC)C(=O)COC(C)=O. The molecule has 4 nitrogen and oxygen atoms in total. The Hall–Kier alpha value is -1.06. The van der Waals surface area contributed by atoms with Crippen molar-refractivity contribution in [2.75, 3.05) is 19.7 Å². The van der Waals surface area contributed by atoms with Crippen molar-refractivity contribution in [1.29, 1.82) is 0 Å². The zero-order valence-electron chi connectivity index (χ0n) is 15.6. The van der Waals surface area contributed by atoms with Gasteiger partial charge in [0.15, 0.2) is 6.61 Å². The average Bonchev–Trinajstić information content (AvgIpc) is 2.53. The van der Waals surface area contributed by atoms with E-state index in [0.29, 0.717) is 0 Å². The minimum Gasteiger partial charge on any atom is -0.456 e. The number of ether oxygens (including phenoxy) is 1. The van der Waals surface area contributed by atoms with Crippen LogP contribution >= 0.6 is 0 Å². The van der Waals surface area contributed by atoms with Crippen molar-refractivity contribution in [3.63, 3.8) is 0 Å². The number of rotatable bonds is 15. The normalized spacial score (nSPS) is 10.6. The molecular formula is C19H37NO3. The highest BCUT2D eigenvalue weighted by Crippen LogP contribution is 2.08. The summed E-state index contributed by atoms with van der Waals surface area (Å²) in [6.45, 7) is 7.23. The van der Waals surface area contributed by atoms with E-state index in [0.717, 1.165) is 25.9 Å². The Morgan fingerprint density at radius 3 is 1.61 bits per heavy atom. The highest BCUT2D eigenvalue weighted by atomic mass is 16.5. The summed E-state index contributed by atoms with van der Waals surface area (Å²) in [4.78, 5) is 24.9. The first-order chi connectivity index (χ1) is 11.1. The Morgan fingerprint density at radius 1 is 0.739 bits per heavy atom. The first-order valence-electron chi connectivity index (χ1n) is 9.52. The van der Waals surface area contributed by atoms with E-state index in [4.69, 9.17) is 4.74 Å². The summed E-state index contributed by atoms with van der Waals surface area (Å²) < 4.78 is 4.86. The van der Waals surface area contributed by atoms with Gasteiger partial charge in [0.1, 0.15) is 0 Å². The third kappa shape index (κ3) is 14.3. The van der Waals surface area contributed by atoms with Crippen LogP contribution in [0.1, 0.15) is 91.4 Å². The number of nitrogens with zero attached hydrogens (tertiary/aromatic N) is 1. The molecule has 0 radical (unpaired) electrons. The quantitative estimate of drug-likeness (QED) is 0.323. The molecule has 0 bridgehead atoms. The Kier molecular flexibility index (Phi) is 15.1. The second kappa shape index (κ2) is 15.8. The van der Waals surface area contributed by atoms with E-state index in [2.05, 4.69) is 13.8 Å². The lowest BCUT2D eigenvalue weighted by molar-refractivity contribution is -0.150. The van der Waals surface area contributed by atoms with Gasteiger partial charge < -0.3 is 9.64 Å². The van der Waals surface area contributed by atoms with Crippen molar-refractivity contribution in [3.8, 4) is 0 Å². The van der Waals surface area contributed by atoms with E-state index in [1.165, 1.54) is 64.7 Å². The smallest absolute Gasteiger partial charge is 0.303 e. The van der Waals surface area contributed by atoms with Gasteiger partial charge in [0, 0.05) is 20.0 Å². The predicted molar refractivity (Wildman–Crippen MR) is 95.3 cm³/mol. The van der Waals surface area contributed by atoms with Crippen molar-refractivity contribution in [1.82, 2.24) is 4.90 Å². The van der Waals surface area contributed by atoms with Crippen LogP contribution in [-0.2, 0) is 14.3 Å². The van der Waals surface area contributed by atoms with Gasteiger partial charge >= 0.3 is 5.97 Å². The second-order valence-corrected chi connectivity index (χ2v) is 6.34. The van der Waals surface area contributed by atoms with Crippen LogP contribution < -0.4 is 0 Å². The van der Waals surface area contributed by atoms with Gasteiger partial charge in [-0.15, -0.1) is 0 Å². The minimum atomic E-state index is -0.388. The molecule has 0 aliphatic carbocycles. The molecule has 136 valence electrons. The van der Waals surface area contributed by atoms with Gasteiger partial charge in [-0.2, -0.15) is 0 Å². The lowest BCUT2D eigenvalue weighted by Gasteiger charge is -2.22.